The van der Waals surface area contributed by atoms with Crippen molar-refractivity contribution < 1.29 is 33.6 Å². The van der Waals surface area contributed by atoms with Gasteiger partial charge in [-0.25, -0.2) is 4.98 Å². The van der Waals surface area contributed by atoms with Gasteiger partial charge in [-0.05, 0) is 18.9 Å². The molecule has 2 N–H and O–H groups in total. The van der Waals surface area contributed by atoms with Gasteiger partial charge < -0.3 is 29.4 Å². The molecule has 0 bridgehead atoms. The number of methoxy groups -OCH3 is 3. The highest BCUT2D eigenvalue weighted by atomic mass is 16.5. The maximum atomic E-state index is 12.4. The summed E-state index contributed by atoms with van der Waals surface area (Å²) in [5.74, 6) is -0.356. The van der Waals surface area contributed by atoms with Gasteiger partial charge in [0.1, 0.15) is 24.1 Å². The van der Waals surface area contributed by atoms with Crippen LogP contribution in [0, 0.1) is 5.92 Å². The molecule has 0 aliphatic heterocycles. The molecule has 32 heavy (non-hydrogen) atoms. The lowest BCUT2D eigenvalue weighted by atomic mass is 9.84. The fraction of sp³-hybridized carbons (Fsp3) is 0.435. The molecule has 0 saturated carbocycles. The average Bonchev–Trinajstić information content (AvgIpc) is 2.77. The predicted octanol–water partition coefficient (Wildman–Crippen LogP) is 2.91. The summed E-state index contributed by atoms with van der Waals surface area (Å²) < 4.78 is 21.3. The van der Waals surface area contributed by atoms with Crippen LogP contribution in [0.25, 0.3) is 0 Å². The Morgan fingerprint density at radius 1 is 1.03 bits per heavy atom. The Morgan fingerprint density at radius 3 is 2.31 bits per heavy atom. The highest BCUT2D eigenvalue weighted by molar-refractivity contribution is 5.97. The minimum absolute atomic E-state index is 0.106. The summed E-state index contributed by atoms with van der Waals surface area (Å²) in [6.45, 7) is 5.46. The molecule has 0 fully saturated rings. The molecule has 1 heterocycles. The number of benzene rings is 1. The zero-order chi connectivity index (χ0) is 23.8. The number of esters is 1. The molecule has 1 unspecified atom stereocenters. The van der Waals surface area contributed by atoms with Crippen molar-refractivity contribution in [2.45, 2.75) is 32.8 Å². The summed E-state index contributed by atoms with van der Waals surface area (Å²) >= 11 is 0. The monoisotopic (exact) mass is 446 g/mol. The van der Waals surface area contributed by atoms with Crippen LogP contribution in [-0.2, 0) is 9.53 Å². The Kier molecular flexibility index (Phi) is 8.69. The van der Waals surface area contributed by atoms with Gasteiger partial charge in [-0.15, -0.1) is 0 Å². The number of pyridine rings is 1. The largest absolute Gasteiger partial charge is 0.503 e. The van der Waals surface area contributed by atoms with Crippen LogP contribution in [0.3, 0.4) is 0 Å². The van der Waals surface area contributed by atoms with Crippen LogP contribution in [0.4, 0.5) is 0 Å². The van der Waals surface area contributed by atoms with Crippen molar-refractivity contribution in [3.8, 4) is 23.0 Å². The zero-order valence-electron chi connectivity index (χ0n) is 19.2. The molecule has 1 aromatic heterocycles. The lowest BCUT2D eigenvalue weighted by molar-refractivity contribution is -0.148. The van der Waals surface area contributed by atoms with E-state index in [-0.39, 0.29) is 29.8 Å². The summed E-state index contributed by atoms with van der Waals surface area (Å²) in [5.41, 5.74) is 0.645. The Morgan fingerprint density at radius 2 is 1.72 bits per heavy atom. The highest BCUT2D eigenvalue weighted by Gasteiger charge is 2.29. The number of hydrogen-bond donors (Lipinski definition) is 2. The van der Waals surface area contributed by atoms with Crippen LogP contribution in [0.1, 0.15) is 42.7 Å². The normalized spacial score (nSPS) is 12.6. The fourth-order valence-electron chi connectivity index (χ4n) is 3.57. The van der Waals surface area contributed by atoms with Crippen molar-refractivity contribution in [3.05, 3.63) is 41.7 Å². The van der Waals surface area contributed by atoms with E-state index in [2.05, 4.69) is 10.3 Å². The number of ether oxygens (including phenoxy) is 4. The van der Waals surface area contributed by atoms with Crippen LogP contribution < -0.4 is 19.5 Å². The number of hydrogen-bond acceptors (Lipinski definition) is 8. The lowest BCUT2D eigenvalue weighted by Crippen LogP contribution is -2.34. The first-order chi connectivity index (χ1) is 15.2. The highest BCUT2D eigenvalue weighted by Crippen LogP contribution is 2.37. The minimum atomic E-state index is -0.719. The number of rotatable bonds is 10. The summed E-state index contributed by atoms with van der Waals surface area (Å²) in [6, 6.07) is 6.93. The van der Waals surface area contributed by atoms with Crippen LogP contribution in [0.5, 0.6) is 23.0 Å². The number of carbonyl (C=O) groups is 2. The van der Waals surface area contributed by atoms with Crippen molar-refractivity contribution >= 4 is 11.9 Å². The molecule has 0 radical (unpaired) electrons. The number of aromatic hydroxyl groups is 1. The molecule has 1 aromatic carbocycles. The van der Waals surface area contributed by atoms with E-state index in [1.54, 1.807) is 27.2 Å². The SMILES string of the molecule is COc1ccc([C@H](C(C)C)C(C)OC(=O)CNC(=O)c2nccc(OC)c2O)c(OC)c1. The topological polar surface area (TPSA) is 116 Å². The number of nitrogens with zero attached hydrogens (tertiary/aromatic N) is 1. The van der Waals surface area contributed by atoms with Crippen molar-refractivity contribution in [2.75, 3.05) is 27.9 Å². The van der Waals surface area contributed by atoms with E-state index in [1.165, 1.54) is 19.4 Å². The standard InChI is InChI=1S/C23H30N2O7/c1-13(2)20(16-8-7-15(29-4)11-18(16)31-6)14(3)32-19(26)12-25-23(28)21-22(27)17(30-5)9-10-24-21/h7-11,13-14,20,27H,12H2,1-6H3,(H,25,28)/t14?,20-/m1/s1. The molecular weight excluding hydrogens is 416 g/mol. The second-order valence-electron chi connectivity index (χ2n) is 7.47. The Balaban J connectivity index is 2.07. The number of carbonyl (C=O) groups excluding carboxylic acids is 2. The van der Waals surface area contributed by atoms with Gasteiger partial charge in [0, 0.05) is 29.8 Å². The van der Waals surface area contributed by atoms with Crippen molar-refractivity contribution in [2.24, 2.45) is 5.92 Å². The maximum absolute atomic E-state index is 12.4. The third-order valence-electron chi connectivity index (χ3n) is 5.06. The molecule has 0 spiro atoms. The number of nitrogens with one attached hydrogen (secondary N) is 1. The molecule has 9 heteroatoms. The Hall–Kier alpha value is -3.49. The third-order valence-corrected chi connectivity index (χ3v) is 5.06. The molecule has 2 atom stereocenters. The summed E-state index contributed by atoms with van der Waals surface area (Å²) in [4.78, 5) is 28.6. The molecule has 2 aromatic rings. The third kappa shape index (κ3) is 5.81. The molecule has 174 valence electrons. The zero-order valence-corrected chi connectivity index (χ0v) is 19.2. The molecule has 0 aliphatic rings. The summed E-state index contributed by atoms with van der Waals surface area (Å²) in [6.07, 6.45) is 0.827. The fourth-order valence-corrected chi connectivity index (χ4v) is 3.57. The van der Waals surface area contributed by atoms with E-state index in [0.717, 1.165) is 5.56 Å². The summed E-state index contributed by atoms with van der Waals surface area (Å²) in [5, 5.41) is 12.4. The van der Waals surface area contributed by atoms with Crippen molar-refractivity contribution in [1.82, 2.24) is 10.3 Å². The first-order valence-electron chi connectivity index (χ1n) is 10.1. The van der Waals surface area contributed by atoms with Gasteiger partial charge in [0.15, 0.2) is 17.2 Å². The molecule has 0 saturated heterocycles. The molecule has 2 rings (SSSR count). The van der Waals surface area contributed by atoms with E-state index >= 15 is 0 Å². The second-order valence-corrected chi connectivity index (χ2v) is 7.47. The number of aromatic nitrogens is 1. The van der Waals surface area contributed by atoms with Gasteiger partial charge in [-0.2, -0.15) is 0 Å². The Labute approximate surface area is 187 Å². The van der Waals surface area contributed by atoms with Gasteiger partial charge >= 0.3 is 5.97 Å². The molecule has 9 nitrogen and oxygen atoms in total. The van der Waals surface area contributed by atoms with Gasteiger partial charge in [0.25, 0.3) is 5.91 Å². The lowest BCUT2D eigenvalue weighted by Gasteiger charge is -2.29. The average molecular weight is 447 g/mol. The minimum Gasteiger partial charge on any atom is -0.503 e. The van der Waals surface area contributed by atoms with Crippen molar-refractivity contribution in [3.63, 3.8) is 0 Å². The van der Waals surface area contributed by atoms with Crippen LogP contribution in [0.2, 0.25) is 0 Å². The molecule has 1 amide bonds. The smallest absolute Gasteiger partial charge is 0.325 e. The van der Waals surface area contributed by atoms with Crippen LogP contribution in [-0.4, -0.2) is 55.9 Å². The van der Waals surface area contributed by atoms with Crippen LogP contribution >= 0.6 is 0 Å². The van der Waals surface area contributed by atoms with E-state index < -0.39 is 23.7 Å². The quantitative estimate of drug-likeness (QED) is 0.535. The molecule has 0 aliphatic carbocycles. The summed E-state index contributed by atoms with van der Waals surface area (Å²) in [7, 11) is 4.51. The first kappa shape index (κ1) is 24.8. The van der Waals surface area contributed by atoms with Crippen LogP contribution in [0.15, 0.2) is 30.5 Å². The van der Waals surface area contributed by atoms with Gasteiger partial charge in [0.05, 0.1) is 21.3 Å². The van der Waals surface area contributed by atoms with E-state index in [0.29, 0.717) is 11.5 Å². The van der Waals surface area contributed by atoms with Gasteiger partial charge in [0.2, 0.25) is 0 Å². The predicted molar refractivity (Wildman–Crippen MR) is 117 cm³/mol. The molecular formula is C23H30N2O7. The van der Waals surface area contributed by atoms with E-state index in [9.17, 15) is 14.7 Å². The van der Waals surface area contributed by atoms with E-state index in [4.69, 9.17) is 18.9 Å². The second kappa shape index (κ2) is 11.2. The van der Waals surface area contributed by atoms with Gasteiger partial charge in [-0.1, -0.05) is 19.9 Å². The Bertz CT molecular complexity index is 946. The first-order valence-corrected chi connectivity index (χ1v) is 10.1. The maximum Gasteiger partial charge on any atom is 0.325 e. The van der Waals surface area contributed by atoms with E-state index in [1.807, 2.05) is 26.0 Å². The number of amides is 1. The van der Waals surface area contributed by atoms with Crippen molar-refractivity contribution in [1.29, 1.82) is 0 Å². The van der Waals surface area contributed by atoms with Gasteiger partial charge in [-0.3, -0.25) is 9.59 Å².